The first kappa shape index (κ1) is 18.5. The third-order valence-corrected chi connectivity index (χ3v) is 4.33. The van der Waals surface area contributed by atoms with Crippen LogP contribution in [-0.4, -0.2) is 9.97 Å². The van der Waals surface area contributed by atoms with Gasteiger partial charge < -0.3 is 4.74 Å². The summed E-state index contributed by atoms with van der Waals surface area (Å²) in [5, 5.41) is 9.02. The minimum absolute atomic E-state index is 0.0214. The van der Waals surface area contributed by atoms with Crippen LogP contribution in [-0.2, 0) is 6.61 Å². The quantitative estimate of drug-likeness (QED) is 0.692. The second-order valence-corrected chi connectivity index (χ2v) is 7.47. The Morgan fingerprint density at radius 3 is 2.44 bits per heavy atom. The average Bonchev–Trinajstić information content (AvgIpc) is 2.68. The van der Waals surface area contributed by atoms with Gasteiger partial charge in [0, 0.05) is 17.7 Å². The predicted octanol–water partition coefficient (Wildman–Crippen LogP) is 3.92. The van der Waals surface area contributed by atoms with Crippen molar-refractivity contribution in [1.29, 1.82) is 5.26 Å². The number of H-pyrrole nitrogens is 1. The van der Waals surface area contributed by atoms with Crippen molar-refractivity contribution in [1.82, 2.24) is 9.97 Å². The second-order valence-electron chi connectivity index (χ2n) is 7.47. The maximum atomic E-state index is 9.02. The summed E-state index contributed by atoms with van der Waals surface area (Å²) in [6.07, 6.45) is 5.29. The van der Waals surface area contributed by atoms with Crippen LogP contribution in [0, 0.1) is 16.7 Å². The van der Waals surface area contributed by atoms with Crippen molar-refractivity contribution >= 4 is 0 Å². The Labute approximate surface area is 159 Å². The van der Waals surface area contributed by atoms with Crippen LogP contribution >= 0.6 is 0 Å². The van der Waals surface area contributed by atoms with Crippen molar-refractivity contribution in [2.24, 2.45) is 5.41 Å². The zero-order valence-electron chi connectivity index (χ0n) is 15.8. The molecule has 0 radical (unpaired) electrons. The lowest BCUT2D eigenvalue weighted by Gasteiger charge is -2.31. The van der Waals surface area contributed by atoms with E-state index < -0.39 is 0 Å². The van der Waals surface area contributed by atoms with Gasteiger partial charge in [-0.15, -0.1) is 0 Å². The number of nitriles is 1. The molecule has 0 spiro atoms. The summed E-state index contributed by atoms with van der Waals surface area (Å²) in [6, 6.07) is 15.7. The van der Waals surface area contributed by atoms with Crippen LogP contribution in [0.2, 0.25) is 0 Å². The molecule has 1 atom stereocenters. The van der Waals surface area contributed by atoms with E-state index in [2.05, 4.69) is 41.8 Å². The van der Waals surface area contributed by atoms with Crippen molar-refractivity contribution in [3.05, 3.63) is 83.7 Å². The fourth-order valence-electron chi connectivity index (χ4n) is 3.10. The van der Waals surface area contributed by atoms with Gasteiger partial charge in [0.25, 0.3) is 0 Å². The fraction of sp³-hybridized carbons (Fsp3) is 0.273. The molecule has 0 saturated heterocycles. The summed E-state index contributed by atoms with van der Waals surface area (Å²) in [6.45, 7) is 6.94. The number of nitrogens with one attached hydrogen (secondary N) is 1. The van der Waals surface area contributed by atoms with Crippen molar-refractivity contribution in [3.8, 4) is 11.8 Å². The van der Waals surface area contributed by atoms with Crippen LogP contribution in [0.4, 0.5) is 0 Å². The molecule has 0 aliphatic heterocycles. The first-order valence-corrected chi connectivity index (χ1v) is 8.88. The smallest absolute Gasteiger partial charge is 0.333 e. The highest BCUT2D eigenvalue weighted by Gasteiger charge is 2.29. The first-order chi connectivity index (χ1) is 13.0. The number of ether oxygens (including phenoxy) is 1. The number of hydrogen-bond donors (Lipinski definition) is 0. The van der Waals surface area contributed by atoms with Gasteiger partial charge >= 0.3 is 5.82 Å². The lowest BCUT2D eigenvalue weighted by Crippen LogP contribution is -2.20. The van der Waals surface area contributed by atoms with Crippen LogP contribution in [0.3, 0.4) is 0 Å². The molecule has 0 aliphatic rings. The summed E-state index contributed by atoms with van der Waals surface area (Å²) in [4.78, 5) is 11.9. The van der Waals surface area contributed by atoms with Gasteiger partial charge in [-0.05, 0) is 35.2 Å². The molecule has 2 heterocycles. The lowest BCUT2D eigenvalue weighted by atomic mass is 9.74. The van der Waals surface area contributed by atoms with Crippen LogP contribution in [0.15, 0.2) is 61.1 Å². The summed E-state index contributed by atoms with van der Waals surface area (Å²) < 4.78 is 5.76. The summed E-state index contributed by atoms with van der Waals surface area (Å²) >= 11 is 0. The monoisotopic (exact) mass is 359 g/mol. The molecule has 0 aliphatic carbocycles. The van der Waals surface area contributed by atoms with E-state index in [0.29, 0.717) is 17.9 Å². The van der Waals surface area contributed by atoms with E-state index in [0.717, 1.165) is 17.1 Å². The maximum Gasteiger partial charge on any atom is 0.333 e. The number of nitrogens with zero attached hydrogens (tertiary/aromatic N) is 3. The van der Waals surface area contributed by atoms with E-state index in [1.54, 1.807) is 12.4 Å². The van der Waals surface area contributed by atoms with Gasteiger partial charge in [0.15, 0.2) is 6.61 Å². The Hall–Kier alpha value is -3.26. The van der Waals surface area contributed by atoms with E-state index in [9.17, 15) is 0 Å². The Balaban J connectivity index is 1.80. The molecule has 3 aromatic rings. The highest BCUT2D eigenvalue weighted by Crippen LogP contribution is 2.39. The molecule has 136 valence electrons. The highest BCUT2D eigenvalue weighted by molar-refractivity contribution is 5.37. The zero-order chi connectivity index (χ0) is 19.3. The normalized spacial score (nSPS) is 12.2. The number of benzene rings is 1. The van der Waals surface area contributed by atoms with Crippen LogP contribution in [0.5, 0.6) is 5.75 Å². The molecule has 0 amide bonds. The standard InChI is InChI=1S/C22H22N4O/c1-22(2,3)21(17-7-5-16(13-23)6-8-17)19-10-9-18(14-26-19)27-15-20-24-11-4-12-25-20/h4-12,14,21H,15H2,1-3H3/p+1. The molecule has 1 N–H and O–H groups in total. The van der Waals surface area contributed by atoms with Crippen LogP contribution < -0.4 is 9.72 Å². The molecule has 1 unspecified atom stereocenters. The van der Waals surface area contributed by atoms with E-state index in [-0.39, 0.29) is 11.3 Å². The van der Waals surface area contributed by atoms with Gasteiger partial charge in [-0.1, -0.05) is 37.9 Å². The number of rotatable bonds is 5. The Morgan fingerprint density at radius 2 is 1.89 bits per heavy atom. The number of aromatic amines is 1. The third kappa shape index (κ3) is 4.68. The zero-order valence-corrected chi connectivity index (χ0v) is 15.8. The Kier molecular flexibility index (Phi) is 5.46. The number of hydrogen-bond acceptors (Lipinski definition) is 4. The number of aromatic nitrogens is 3. The van der Waals surface area contributed by atoms with E-state index in [1.165, 1.54) is 0 Å². The fourth-order valence-corrected chi connectivity index (χ4v) is 3.10. The molecule has 0 bridgehead atoms. The van der Waals surface area contributed by atoms with E-state index in [1.807, 2.05) is 48.7 Å². The van der Waals surface area contributed by atoms with Gasteiger partial charge in [0.1, 0.15) is 11.9 Å². The minimum Gasteiger partial charge on any atom is -0.479 e. The average molecular weight is 359 g/mol. The molecule has 3 rings (SSSR count). The van der Waals surface area contributed by atoms with Crippen molar-refractivity contribution in [2.45, 2.75) is 33.3 Å². The van der Waals surface area contributed by atoms with Crippen LogP contribution in [0.25, 0.3) is 0 Å². The van der Waals surface area contributed by atoms with Crippen molar-refractivity contribution in [2.75, 3.05) is 0 Å². The Morgan fingerprint density at radius 1 is 1.11 bits per heavy atom. The summed E-state index contributed by atoms with van der Waals surface area (Å²) in [5.41, 5.74) is 2.76. The summed E-state index contributed by atoms with van der Waals surface area (Å²) in [7, 11) is 0. The lowest BCUT2D eigenvalue weighted by molar-refractivity contribution is -0.399. The third-order valence-electron chi connectivity index (χ3n) is 4.33. The molecule has 1 aromatic carbocycles. The molecule has 2 aromatic heterocycles. The van der Waals surface area contributed by atoms with Gasteiger partial charge in [-0.3, -0.25) is 4.98 Å². The minimum atomic E-state index is -0.0214. The first-order valence-electron chi connectivity index (χ1n) is 8.88. The summed E-state index contributed by atoms with van der Waals surface area (Å²) in [5.74, 6) is 1.57. The predicted molar refractivity (Wildman–Crippen MR) is 102 cm³/mol. The molecule has 0 fully saturated rings. The molecule has 0 saturated carbocycles. The molecule has 27 heavy (non-hydrogen) atoms. The largest absolute Gasteiger partial charge is 0.479 e. The topological polar surface area (TPSA) is 72.9 Å². The van der Waals surface area contributed by atoms with Crippen molar-refractivity contribution in [3.63, 3.8) is 0 Å². The highest BCUT2D eigenvalue weighted by atomic mass is 16.5. The molecular weight excluding hydrogens is 336 g/mol. The molecular formula is C22H23N4O+. The Bertz CT molecular complexity index is 908. The van der Waals surface area contributed by atoms with Crippen molar-refractivity contribution < 1.29 is 9.72 Å². The SMILES string of the molecule is CC(C)(C)C(c1ccc(C#N)cc1)c1ccc(OCc2nccc[nH+]2)cn1. The molecule has 5 nitrogen and oxygen atoms in total. The van der Waals surface area contributed by atoms with Gasteiger partial charge in [0.05, 0.1) is 24.0 Å². The van der Waals surface area contributed by atoms with Gasteiger partial charge in [0.2, 0.25) is 0 Å². The van der Waals surface area contributed by atoms with E-state index in [4.69, 9.17) is 10.00 Å². The van der Waals surface area contributed by atoms with E-state index >= 15 is 0 Å². The molecule has 5 heteroatoms. The second kappa shape index (κ2) is 7.96. The van der Waals surface area contributed by atoms with Crippen LogP contribution in [0.1, 0.15) is 49.3 Å². The number of pyridine rings is 1. The maximum absolute atomic E-state index is 9.02. The van der Waals surface area contributed by atoms with Gasteiger partial charge in [-0.2, -0.15) is 5.26 Å². The van der Waals surface area contributed by atoms with Gasteiger partial charge in [-0.25, -0.2) is 4.98 Å².